The molecule has 0 atom stereocenters. The Balaban J connectivity index is -0.000000180. The SMILES string of the molecule is CC(=O)[CH-]C(=O)O.CC(=O)[CH-]C(=O)O.[Ni+2]. The second-order valence-electron chi connectivity index (χ2n) is 2.19. The van der Waals surface area contributed by atoms with Crippen LogP contribution in [0.2, 0.25) is 0 Å². The number of carbonyl (C=O) groups excluding carboxylic acids is 2. The Bertz CT molecular complexity index is 198. The van der Waals surface area contributed by atoms with E-state index >= 15 is 0 Å². The largest absolute Gasteiger partial charge is 2.00 e. The molecule has 0 unspecified atom stereocenters. The molecule has 0 amide bonds. The molecule has 0 saturated carbocycles. The molecular weight excluding hydrogens is 251 g/mol. The van der Waals surface area contributed by atoms with Crippen LogP contribution in [0, 0.1) is 12.8 Å². The van der Waals surface area contributed by atoms with Crippen molar-refractivity contribution in [3.63, 3.8) is 0 Å². The summed E-state index contributed by atoms with van der Waals surface area (Å²) >= 11 is 0. The van der Waals surface area contributed by atoms with Gasteiger partial charge < -0.3 is 19.8 Å². The van der Waals surface area contributed by atoms with Crippen LogP contribution in [-0.4, -0.2) is 33.7 Å². The number of hydrogen-bond acceptors (Lipinski definition) is 4. The summed E-state index contributed by atoms with van der Waals surface area (Å²) in [4.78, 5) is 38.7. The molecule has 0 fully saturated rings. The van der Waals surface area contributed by atoms with E-state index in [0.717, 1.165) is 0 Å². The molecule has 0 radical (unpaired) electrons. The normalized spacial score (nSPS) is 7.07. The number of Topliss-reactive ketones (excluding diaryl/α,β-unsaturated/α-hetero) is 2. The molecule has 0 saturated heterocycles. The minimum absolute atomic E-state index is 0. The Kier molecular flexibility index (Phi) is 13.5. The maximum absolute atomic E-state index is 9.82. The molecule has 0 aliphatic rings. The van der Waals surface area contributed by atoms with Gasteiger partial charge in [-0.15, -0.1) is 0 Å². The third-order valence-electron chi connectivity index (χ3n) is 0.653. The van der Waals surface area contributed by atoms with Crippen molar-refractivity contribution in [3.8, 4) is 0 Å². The number of ketones is 2. The van der Waals surface area contributed by atoms with E-state index in [1.165, 1.54) is 13.8 Å². The molecule has 7 heteroatoms. The Labute approximate surface area is 96.6 Å². The van der Waals surface area contributed by atoms with Gasteiger partial charge in [0.25, 0.3) is 0 Å². The maximum atomic E-state index is 9.82. The van der Waals surface area contributed by atoms with E-state index in [9.17, 15) is 19.2 Å². The molecule has 6 nitrogen and oxygen atoms in total. The first-order chi connectivity index (χ1) is 6.25. The van der Waals surface area contributed by atoms with Gasteiger partial charge in [-0.25, -0.2) is 12.8 Å². The Morgan fingerprint density at radius 2 is 1.00 bits per heavy atom. The monoisotopic (exact) mass is 260 g/mol. The average molecular weight is 261 g/mol. The third-order valence-corrected chi connectivity index (χ3v) is 0.653. The quantitative estimate of drug-likeness (QED) is 0.409. The van der Waals surface area contributed by atoms with E-state index in [2.05, 4.69) is 0 Å². The number of aliphatic carboxylic acids is 2. The molecule has 0 aromatic heterocycles. The van der Waals surface area contributed by atoms with E-state index < -0.39 is 23.5 Å². The number of carboxylic acid groups (broad SMARTS) is 2. The Morgan fingerprint density at radius 1 is 0.800 bits per heavy atom. The zero-order valence-corrected chi connectivity index (χ0v) is 8.99. The number of carboxylic acids is 2. The van der Waals surface area contributed by atoms with Gasteiger partial charge in [0.1, 0.15) is 0 Å². The van der Waals surface area contributed by atoms with Gasteiger partial charge in [-0.3, -0.25) is 9.59 Å². The molecule has 0 rings (SSSR count). The molecule has 0 bridgehead atoms. The molecular formula is C8H10NiO6. The Hall–Kier alpha value is -1.49. The van der Waals surface area contributed by atoms with Crippen LogP contribution in [0.1, 0.15) is 13.8 Å². The minimum Gasteiger partial charge on any atom is -0.503 e. The summed E-state index contributed by atoms with van der Waals surface area (Å²) in [5, 5.41) is 15.6. The standard InChI is InChI=1S/2C4H5O3.Ni/c2*1-3(5)2-4(6)7;/h2*2H,1H3,(H,6,7);/q2*-1;+2. The fourth-order valence-electron chi connectivity index (χ4n) is 0.348. The predicted molar refractivity (Wildman–Crippen MR) is 45.2 cm³/mol. The van der Waals surface area contributed by atoms with Crippen molar-refractivity contribution >= 4 is 23.5 Å². The minimum atomic E-state index is -1.19. The van der Waals surface area contributed by atoms with Crippen LogP contribution in [0.5, 0.6) is 0 Å². The van der Waals surface area contributed by atoms with Gasteiger partial charge >= 0.3 is 16.5 Å². The van der Waals surface area contributed by atoms with E-state index in [4.69, 9.17) is 10.2 Å². The summed E-state index contributed by atoms with van der Waals surface area (Å²) in [6, 6.07) is 0. The molecule has 0 aromatic rings. The van der Waals surface area contributed by atoms with E-state index in [-0.39, 0.29) is 16.5 Å². The van der Waals surface area contributed by atoms with Gasteiger partial charge in [-0.2, -0.15) is 0 Å². The van der Waals surface area contributed by atoms with Gasteiger partial charge in [-0.05, 0) is 13.8 Å². The van der Waals surface area contributed by atoms with Crippen molar-refractivity contribution in [2.75, 3.05) is 0 Å². The zero-order chi connectivity index (χ0) is 11.7. The summed E-state index contributed by atoms with van der Waals surface area (Å²) in [6.45, 7) is 2.38. The first-order valence-electron chi connectivity index (χ1n) is 3.42. The van der Waals surface area contributed by atoms with Crippen LogP contribution in [0.25, 0.3) is 0 Å². The van der Waals surface area contributed by atoms with Crippen LogP contribution in [0.15, 0.2) is 0 Å². The summed E-state index contributed by atoms with van der Waals surface area (Å²) in [7, 11) is 0. The molecule has 0 aliphatic heterocycles. The molecule has 0 aromatic carbocycles. The maximum Gasteiger partial charge on any atom is 2.00 e. The van der Waals surface area contributed by atoms with Crippen molar-refractivity contribution in [3.05, 3.63) is 12.8 Å². The second kappa shape index (κ2) is 10.6. The van der Waals surface area contributed by atoms with Gasteiger partial charge in [0, 0.05) is 11.6 Å². The molecule has 15 heavy (non-hydrogen) atoms. The van der Waals surface area contributed by atoms with Crippen molar-refractivity contribution in [1.82, 2.24) is 0 Å². The van der Waals surface area contributed by atoms with Crippen molar-refractivity contribution in [2.45, 2.75) is 13.8 Å². The molecule has 0 spiro atoms. The first-order valence-corrected chi connectivity index (χ1v) is 3.42. The fourth-order valence-corrected chi connectivity index (χ4v) is 0.348. The molecule has 0 aliphatic carbocycles. The fraction of sp³-hybridized carbons (Fsp3) is 0.250. The second-order valence-corrected chi connectivity index (χ2v) is 2.19. The van der Waals surface area contributed by atoms with E-state index in [1.807, 2.05) is 0 Å². The summed E-state index contributed by atoms with van der Waals surface area (Å²) in [6.07, 6.45) is 1.22. The number of rotatable bonds is 4. The van der Waals surface area contributed by atoms with Crippen LogP contribution in [-0.2, 0) is 35.7 Å². The van der Waals surface area contributed by atoms with Crippen molar-refractivity contribution < 1.29 is 45.9 Å². The topological polar surface area (TPSA) is 109 Å². The van der Waals surface area contributed by atoms with Gasteiger partial charge in [0.15, 0.2) is 11.9 Å². The first kappa shape index (κ1) is 19.1. The van der Waals surface area contributed by atoms with Crippen LogP contribution < -0.4 is 0 Å². The smallest absolute Gasteiger partial charge is 0.503 e. The zero-order valence-electron chi connectivity index (χ0n) is 8.00. The van der Waals surface area contributed by atoms with Crippen LogP contribution in [0.3, 0.4) is 0 Å². The molecule has 0 heterocycles. The molecule has 2 N–H and O–H groups in total. The van der Waals surface area contributed by atoms with Crippen molar-refractivity contribution in [2.24, 2.45) is 0 Å². The van der Waals surface area contributed by atoms with Gasteiger partial charge in [0.2, 0.25) is 0 Å². The number of hydrogen-bond donors (Lipinski definition) is 2. The van der Waals surface area contributed by atoms with Crippen LogP contribution >= 0.6 is 0 Å². The number of carbonyl (C=O) groups is 4. The van der Waals surface area contributed by atoms with E-state index in [1.54, 1.807) is 0 Å². The average Bonchev–Trinajstić information content (AvgIpc) is 1.79. The predicted octanol–water partition coefficient (Wildman–Crippen LogP) is -0.274. The van der Waals surface area contributed by atoms with E-state index in [0.29, 0.717) is 12.8 Å². The van der Waals surface area contributed by atoms with Crippen molar-refractivity contribution in [1.29, 1.82) is 0 Å². The van der Waals surface area contributed by atoms with Gasteiger partial charge in [0.05, 0.1) is 0 Å². The summed E-state index contributed by atoms with van der Waals surface area (Å²) < 4.78 is 0. The third kappa shape index (κ3) is 32.6. The summed E-state index contributed by atoms with van der Waals surface area (Å²) in [5.41, 5.74) is 0. The van der Waals surface area contributed by atoms with Crippen LogP contribution in [0.4, 0.5) is 0 Å². The van der Waals surface area contributed by atoms with Gasteiger partial charge in [-0.1, -0.05) is 0 Å². The Morgan fingerprint density at radius 3 is 1.00 bits per heavy atom. The summed E-state index contributed by atoms with van der Waals surface area (Å²) in [5.74, 6) is -3.25. The molecule has 88 valence electrons.